The van der Waals surface area contributed by atoms with E-state index in [0.29, 0.717) is 6.42 Å². The first-order valence-electron chi connectivity index (χ1n) is 16.0. The van der Waals surface area contributed by atoms with Gasteiger partial charge >= 0.3 is 0 Å². The van der Waals surface area contributed by atoms with E-state index in [1.54, 1.807) is 6.08 Å². The lowest BCUT2D eigenvalue weighted by Gasteiger charge is -2.19. The lowest BCUT2D eigenvalue weighted by Crippen LogP contribution is -2.45. The van der Waals surface area contributed by atoms with Crippen LogP contribution in [0.5, 0.6) is 0 Å². The molecular weight excluding hydrogens is 482 g/mol. The van der Waals surface area contributed by atoms with Crippen molar-refractivity contribution in [3.05, 3.63) is 60.8 Å². The first-order valence-corrected chi connectivity index (χ1v) is 16.0. The van der Waals surface area contributed by atoms with Gasteiger partial charge in [0.2, 0.25) is 5.91 Å². The van der Waals surface area contributed by atoms with Crippen molar-refractivity contribution < 1.29 is 15.0 Å². The van der Waals surface area contributed by atoms with Crippen LogP contribution >= 0.6 is 0 Å². The highest BCUT2D eigenvalue weighted by Gasteiger charge is 2.17. The minimum absolute atomic E-state index is 0.0969. The van der Waals surface area contributed by atoms with E-state index < -0.39 is 12.1 Å². The Morgan fingerprint density at radius 1 is 0.641 bits per heavy atom. The molecule has 3 N–H and O–H groups in total. The number of aliphatic hydroxyl groups is 2. The molecule has 2 unspecified atom stereocenters. The molecular formula is C35H61NO3. The van der Waals surface area contributed by atoms with E-state index in [0.717, 1.165) is 64.2 Å². The monoisotopic (exact) mass is 543 g/mol. The molecule has 39 heavy (non-hydrogen) atoms. The van der Waals surface area contributed by atoms with Crippen molar-refractivity contribution in [1.82, 2.24) is 5.32 Å². The number of hydrogen-bond donors (Lipinski definition) is 3. The van der Waals surface area contributed by atoms with E-state index in [1.807, 2.05) is 6.08 Å². The molecule has 0 aliphatic heterocycles. The lowest BCUT2D eigenvalue weighted by molar-refractivity contribution is -0.123. The third-order valence-electron chi connectivity index (χ3n) is 6.73. The zero-order valence-corrected chi connectivity index (χ0v) is 25.4. The van der Waals surface area contributed by atoms with Crippen LogP contribution in [0, 0.1) is 0 Å². The molecule has 0 saturated heterocycles. The summed E-state index contributed by atoms with van der Waals surface area (Å²) < 4.78 is 0. The number of unbranched alkanes of at least 4 members (excludes halogenated alkanes) is 12. The van der Waals surface area contributed by atoms with Gasteiger partial charge in [0.1, 0.15) is 0 Å². The highest BCUT2D eigenvalue weighted by atomic mass is 16.3. The number of carbonyl (C=O) groups excluding carboxylic acids is 1. The largest absolute Gasteiger partial charge is 0.394 e. The second-order valence-corrected chi connectivity index (χ2v) is 10.5. The Balaban J connectivity index is 3.78. The molecule has 0 rings (SSSR count). The Kier molecular flexibility index (Phi) is 29.1. The van der Waals surface area contributed by atoms with Crippen LogP contribution in [0.3, 0.4) is 0 Å². The van der Waals surface area contributed by atoms with Crippen molar-refractivity contribution in [1.29, 1.82) is 0 Å². The number of hydrogen-bond acceptors (Lipinski definition) is 3. The molecule has 0 spiro atoms. The van der Waals surface area contributed by atoms with Gasteiger partial charge in [0.05, 0.1) is 18.8 Å². The molecule has 0 aliphatic carbocycles. The minimum atomic E-state index is -0.868. The Morgan fingerprint density at radius 3 is 1.79 bits per heavy atom. The SMILES string of the molecule is CC/C=C\C/C=C\C/C=C\CCCCCCCC(=O)NC(CO)C(O)/C=C/CC/C=C/CCCCCCCC. The third-order valence-corrected chi connectivity index (χ3v) is 6.73. The predicted octanol–water partition coefficient (Wildman–Crippen LogP) is 9.06. The quantitative estimate of drug-likeness (QED) is 0.0715. The molecule has 224 valence electrons. The van der Waals surface area contributed by atoms with Crippen molar-refractivity contribution in [2.45, 2.75) is 148 Å². The summed E-state index contributed by atoms with van der Waals surface area (Å²) in [4.78, 5) is 12.2. The molecule has 0 saturated carbocycles. The Bertz CT molecular complexity index is 677. The number of carbonyl (C=O) groups is 1. The van der Waals surface area contributed by atoms with Gasteiger partial charge in [-0.15, -0.1) is 0 Å². The van der Waals surface area contributed by atoms with Gasteiger partial charge in [-0.1, -0.05) is 126 Å². The van der Waals surface area contributed by atoms with Gasteiger partial charge in [-0.25, -0.2) is 0 Å². The van der Waals surface area contributed by atoms with Gasteiger partial charge in [-0.05, 0) is 64.2 Å². The van der Waals surface area contributed by atoms with Crippen molar-refractivity contribution in [2.75, 3.05) is 6.61 Å². The van der Waals surface area contributed by atoms with Crippen LogP contribution in [0.2, 0.25) is 0 Å². The van der Waals surface area contributed by atoms with E-state index in [4.69, 9.17) is 0 Å². The number of nitrogens with one attached hydrogen (secondary N) is 1. The molecule has 0 radical (unpaired) electrons. The Labute approximate surface area is 241 Å². The molecule has 0 heterocycles. The highest BCUT2D eigenvalue weighted by molar-refractivity contribution is 5.76. The van der Waals surface area contributed by atoms with E-state index >= 15 is 0 Å². The van der Waals surface area contributed by atoms with Crippen LogP contribution in [-0.4, -0.2) is 34.9 Å². The Hall–Kier alpha value is -1.91. The first kappa shape index (κ1) is 37.1. The zero-order chi connectivity index (χ0) is 28.7. The topological polar surface area (TPSA) is 69.6 Å². The summed E-state index contributed by atoms with van der Waals surface area (Å²) in [6.45, 7) is 4.13. The average molecular weight is 544 g/mol. The summed E-state index contributed by atoms with van der Waals surface area (Å²) in [6, 6.07) is -0.647. The molecule has 2 atom stereocenters. The molecule has 0 aromatic carbocycles. The number of allylic oxidation sites excluding steroid dienone is 9. The molecule has 0 aromatic heterocycles. The van der Waals surface area contributed by atoms with Gasteiger partial charge in [0.25, 0.3) is 0 Å². The predicted molar refractivity (Wildman–Crippen MR) is 170 cm³/mol. The van der Waals surface area contributed by atoms with Gasteiger partial charge in [-0.2, -0.15) is 0 Å². The van der Waals surface area contributed by atoms with Crippen molar-refractivity contribution in [3.8, 4) is 0 Å². The second kappa shape index (κ2) is 30.6. The summed E-state index contributed by atoms with van der Waals surface area (Å²) in [7, 11) is 0. The first-order chi connectivity index (χ1) is 19.2. The summed E-state index contributed by atoms with van der Waals surface area (Å²) in [5.41, 5.74) is 0. The number of aliphatic hydroxyl groups excluding tert-OH is 2. The molecule has 0 aromatic rings. The van der Waals surface area contributed by atoms with Crippen LogP contribution < -0.4 is 5.32 Å². The number of rotatable bonds is 27. The fraction of sp³-hybridized carbons (Fsp3) is 0.686. The van der Waals surface area contributed by atoms with E-state index in [-0.39, 0.29) is 12.5 Å². The van der Waals surface area contributed by atoms with E-state index in [9.17, 15) is 15.0 Å². The van der Waals surface area contributed by atoms with Gasteiger partial charge in [-0.3, -0.25) is 4.79 Å². The van der Waals surface area contributed by atoms with Crippen molar-refractivity contribution >= 4 is 5.91 Å². The van der Waals surface area contributed by atoms with Crippen LogP contribution in [0.4, 0.5) is 0 Å². The molecule has 0 aliphatic rings. The second-order valence-electron chi connectivity index (χ2n) is 10.5. The summed E-state index contributed by atoms with van der Waals surface area (Å²) in [6.07, 6.45) is 41.5. The molecule has 4 nitrogen and oxygen atoms in total. The molecule has 0 fully saturated rings. The summed E-state index contributed by atoms with van der Waals surface area (Å²) >= 11 is 0. The normalized spacial score (nSPS) is 14.1. The summed E-state index contributed by atoms with van der Waals surface area (Å²) in [5.74, 6) is -0.0969. The third kappa shape index (κ3) is 27.4. The summed E-state index contributed by atoms with van der Waals surface area (Å²) in [5, 5.41) is 22.7. The lowest BCUT2D eigenvalue weighted by atomic mass is 10.1. The van der Waals surface area contributed by atoms with Crippen molar-refractivity contribution in [3.63, 3.8) is 0 Å². The van der Waals surface area contributed by atoms with Gasteiger partial charge < -0.3 is 15.5 Å². The maximum Gasteiger partial charge on any atom is 0.220 e. The fourth-order valence-electron chi connectivity index (χ4n) is 4.26. The smallest absolute Gasteiger partial charge is 0.220 e. The Morgan fingerprint density at radius 2 is 1.15 bits per heavy atom. The van der Waals surface area contributed by atoms with Crippen LogP contribution in [0.15, 0.2) is 60.8 Å². The van der Waals surface area contributed by atoms with Gasteiger partial charge in [0.15, 0.2) is 0 Å². The standard InChI is InChI=1S/C35H61NO3/c1-3-5-7-9-11-13-15-17-18-19-21-23-25-27-29-31-35(39)36-33(32-37)34(38)30-28-26-24-22-20-16-14-12-10-8-6-4-2/h5,7,11,13,17-18,20,22,28,30,33-34,37-38H,3-4,6,8-10,12,14-16,19,21,23-27,29,31-32H2,1-2H3,(H,36,39)/b7-5-,13-11-,18-17-,22-20+,30-28+. The molecule has 0 bridgehead atoms. The van der Waals surface area contributed by atoms with Crippen LogP contribution in [0.1, 0.15) is 136 Å². The van der Waals surface area contributed by atoms with E-state index in [2.05, 4.69) is 67.8 Å². The average Bonchev–Trinajstić information content (AvgIpc) is 2.94. The maximum atomic E-state index is 12.2. The molecule has 4 heteroatoms. The number of amides is 1. The van der Waals surface area contributed by atoms with Crippen LogP contribution in [0.25, 0.3) is 0 Å². The fourth-order valence-corrected chi connectivity index (χ4v) is 4.26. The zero-order valence-electron chi connectivity index (χ0n) is 25.4. The van der Waals surface area contributed by atoms with Crippen LogP contribution in [-0.2, 0) is 4.79 Å². The van der Waals surface area contributed by atoms with E-state index in [1.165, 1.54) is 51.4 Å². The maximum absolute atomic E-state index is 12.2. The molecule has 1 amide bonds. The van der Waals surface area contributed by atoms with Gasteiger partial charge in [0, 0.05) is 6.42 Å². The highest BCUT2D eigenvalue weighted by Crippen LogP contribution is 2.09. The van der Waals surface area contributed by atoms with Crippen molar-refractivity contribution in [2.24, 2.45) is 0 Å². The minimum Gasteiger partial charge on any atom is -0.394 e.